The highest BCUT2D eigenvalue weighted by Crippen LogP contribution is 2.34. The summed E-state index contributed by atoms with van der Waals surface area (Å²) in [5.41, 5.74) is 2.06. The lowest BCUT2D eigenvalue weighted by molar-refractivity contribution is -0.121. The Morgan fingerprint density at radius 3 is 1.38 bits per heavy atom. The quantitative estimate of drug-likeness (QED) is 0.302. The second-order valence-corrected chi connectivity index (χ2v) is 9.76. The molecule has 34 heavy (non-hydrogen) atoms. The minimum atomic E-state index is -0.318. The summed E-state index contributed by atoms with van der Waals surface area (Å²) in [5, 5.41) is 0. The Morgan fingerprint density at radius 1 is 0.647 bits per heavy atom. The minimum absolute atomic E-state index is 0.288. The molecule has 0 aliphatic carbocycles. The lowest BCUT2D eigenvalue weighted by Crippen LogP contribution is -2.30. The van der Waals surface area contributed by atoms with E-state index in [0.717, 1.165) is 9.79 Å². The van der Waals surface area contributed by atoms with E-state index in [0.29, 0.717) is 34.0 Å². The van der Waals surface area contributed by atoms with Crippen LogP contribution < -0.4 is 9.80 Å². The number of amides is 4. The number of para-hydroxylation sites is 2. The predicted molar refractivity (Wildman–Crippen MR) is 136 cm³/mol. The van der Waals surface area contributed by atoms with Crippen molar-refractivity contribution in [2.75, 3.05) is 21.3 Å². The number of thioether (sulfide) groups is 2. The number of imide groups is 2. The third-order valence-electron chi connectivity index (χ3n) is 5.25. The van der Waals surface area contributed by atoms with Gasteiger partial charge in [0.15, 0.2) is 0 Å². The Labute approximate surface area is 206 Å². The zero-order valence-corrected chi connectivity index (χ0v) is 20.3. The Balaban J connectivity index is 1.36. The van der Waals surface area contributed by atoms with Crippen LogP contribution in [-0.2, 0) is 19.2 Å². The summed E-state index contributed by atoms with van der Waals surface area (Å²) in [6.45, 7) is 3.28. The summed E-state index contributed by atoms with van der Waals surface area (Å²) in [4.78, 5) is 53.3. The molecule has 2 aromatic rings. The smallest absolute Gasteiger partial charge is 0.261 e. The Morgan fingerprint density at radius 2 is 1.03 bits per heavy atom. The highest BCUT2D eigenvalue weighted by Gasteiger charge is 2.32. The van der Waals surface area contributed by atoms with Gasteiger partial charge in [-0.3, -0.25) is 19.2 Å². The van der Waals surface area contributed by atoms with Crippen molar-refractivity contribution >= 4 is 58.5 Å². The summed E-state index contributed by atoms with van der Waals surface area (Å²) in [6, 6.07) is 14.7. The van der Waals surface area contributed by atoms with Gasteiger partial charge in [0.1, 0.15) is 0 Å². The van der Waals surface area contributed by atoms with E-state index >= 15 is 0 Å². The maximum Gasteiger partial charge on any atom is 0.261 e. The van der Waals surface area contributed by atoms with Crippen LogP contribution >= 0.6 is 23.5 Å². The summed E-state index contributed by atoms with van der Waals surface area (Å²) in [7, 11) is 0. The maximum atomic E-state index is 12.4. The first kappa shape index (κ1) is 23.8. The van der Waals surface area contributed by atoms with Gasteiger partial charge in [-0.1, -0.05) is 36.4 Å². The largest absolute Gasteiger partial charge is 0.269 e. The van der Waals surface area contributed by atoms with E-state index in [2.05, 4.69) is 0 Å². The van der Waals surface area contributed by atoms with E-state index in [1.807, 2.05) is 48.6 Å². The van der Waals surface area contributed by atoms with E-state index in [-0.39, 0.29) is 23.6 Å². The molecule has 2 aliphatic heterocycles. The second kappa shape index (κ2) is 10.3. The van der Waals surface area contributed by atoms with Gasteiger partial charge in [-0.15, -0.1) is 23.5 Å². The highest BCUT2D eigenvalue weighted by molar-refractivity contribution is 8.00. The summed E-state index contributed by atoms with van der Waals surface area (Å²) in [6.07, 6.45) is 6.76. The number of rotatable bonds is 8. The Kier molecular flexibility index (Phi) is 7.19. The van der Waals surface area contributed by atoms with Crippen LogP contribution in [-0.4, -0.2) is 35.1 Å². The molecular weight excluding hydrogens is 468 g/mol. The molecule has 2 heterocycles. The monoisotopic (exact) mass is 490 g/mol. The van der Waals surface area contributed by atoms with Gasteiger partial charge in [0.2, 0.25) is 0 Å². The lowest BCUT2D eigenvalue weighted by atomic mass is 10.3. The predicted octanol–water partition coefficient (Wildman–Crippen LogP) is 4.77. The van der Waals surface area contributed by atoms with Crippen molar-refractivity contribution < 1.29 is 19.2 Å². The number of hydrogen-bond donors (Lipinski definition) is 0. The van der Waals surface area contributed by atoms with Crippen LogP contribution in [0.4, 0.5) is 11.4 Å². The molecule has 172 valence electrons. The Bertz CT molecular complexity index is 1180. The average Bonchev–Trinajstić information content (AvgIpc) is 3.23. The van der Waals surface area contributed by atoms with Crippen molar-refractivity contribution in [3.05, 3.63) is 84.0 Å². The highest BCUT2D eigenvalue weighted by atomic mass is 32.2. The van der Waals surface area contributed by atoms with E-state index in [1.54, 1.807) is 49.5 Å². The molecule has 0 fully saturated rings. The topological polar surface area (TPSA) is 74.8 Å². The molecule has 2 aromatic carbocycles. The van der Waals surface area contributed by atoms with Gasteiger partial charge in [-0.25, -0.2) is 9.80 Å². The molecule has 0 spiro atoms. The molecule has 0 aromatic heterocycles. The van der Waals surface area contributed by atoms with Gasteiger partial charge in [-0.2, -0.15) is 0 Å². The van der Waals surface area contributed by atoms with Crippen LogP contribution in [0.25, 0.3) is 0 Å². The molecule has 4 amide bonds. The SMILES string of the molecule is CC1=CC(=O)N(c2ccccc2SCC=CCSc2ccccc2N2C(=O)C=C(C)C2=O)C1=O. The lowest BCUT2D eigenvalue weighted by Gasteiger charge is -2.18. The molecule has 0 N–H and O–H groups in total. The summed E-state index contributed by atoms with van der Waals surface area (Å²) >= 11 is 3.08. The second-order valence-electron chi connectivity index (χ2n) is 7.64. The molecule has 0 radical (unpaired) electrons. The molecule has 0 unspecified atom stereocenters. The number of anilines is 2. The normalized spacial score (nSPS) is 16.2. The van der Waals surface area contributed by atoms with Crippen LogP contribution in [0.15, 0.2) is 93.8 Å². The van der Waals surface area contributed by atoms with Gasteiger partial charge >= 0.3 is 0 Å². The van der Waals surface area contributed by atoms with Crippen LogP contribution in [0.5, 0.6) is 0 Å². The fourth-order valence-corrected chi connectivity index (χ4v) is 5.36. The van der Waals surface area contributed by atoms with Crippen molar-refractivity contribution in [2.45, 2.75) is 23.6 Å². The van der Waals surface area contributed by atoms with Crippen LogP contribution in [0.1, 0.15) is 13.8 Å². The van der Waals surface area contributed by atoms with Crippen LogP contribution in [0.2, 0.25) is 0 Å². The number of hydrogen-bond acceptors (Lipinski definition) is 6. The first-order valence-corrected chi connectivity index (χ1v) is 12.6. The minimum Gasteiger partial charge on any atom is -0.269 e. The molecule has 0 atom stereocenters. The first-order valence-electron chi connectivity index (χ1n) is 10.6. The average molecular weight is 491 g/mol. The molecule has 4 rings (SSSR count). The van der Waals surface area contributed by atoms with Gasteiger partial charge in [0.25, 0.3) is 23.6 Å². The van der Waals surface area contributed by atoms with Gasteiger partial charge in [-0.05, 0) is 38.1 Å². The number of benzene rings is 2. The standard InChI is InChI=1S/C26H22N2O4S2/c1-17-15-23(29)27(25(17)31)19-9-3-5-11-21(19)33-13-7-8-14-34-22-12-6-4-10-20(22)28-24(30)16-18(2)26(28)32/h3-12,15-16H,13-14H2,1-2H3. The zero-order chi connectivity index (χ0) is 24.2. The number of carbonyl (C=O) groups is 4. The molecule has 8 heteroatoms. The van der Waals surface area contributed by atoms with Gasteiger partial charge in [0.05, 0.1) is 11.4 Å². The Hall–Kier alpha value is -3.36. The molecule has 0 saturated carbocycles. The van der Waals surface area contributed by atoms with Crippen molar-refractivity contribution in [3.8, 4) is 0 Å². The fourth-order valence-electron chi connectivity index (χ4n) is 3.57. The van der Waals surface area contributed by atoms with E-state index in [4.69, 9.17) is 0 Å². The molecule has 2 aliphatic rings. The molecule has 0 saturated heterocycles. The molecule has 6 nitrogen and oxygen atoms in total. The third kappa shape index (κ3) is 4.78. The summed E-state index contributed by atoms with van der Waals surface area (Å²) in [5.74, 6) is 0.110. The molecule has 0 bridgehead atoms. The summed E-state index contributed by atoms with van der Waals surface area (Å²) < 4.78 is 0. The third-order valence-corrected chi connectivity index (χ3v) is 7.28. The molecular formula is C26H22N2O4S2. The van der Waals surface area contributed by atoms with Gasteiger partial charge in [0, 0.05) is 44.6 Å². The van der Waals surface area contributed by atoms with Crippen molar-refractivity contribution in [1.82, 2.24) is 0 Å². The number of carbonyl (C=O) groups excluding carboxylic acids is 4. The van der Waals surface area contributed by atoms with E-state index in [9.17, 15) is 19.2 Å². The van der Waals surface area contributed by atoms with Crippen molar-refractivity contribution in [1.29, 1.82) is 0 Å². The van der Waals surface area contributed by atoms with Crippen molar-refractivity contribution in [2.24, 2.45) is 0 Å². The van der Waals surface area contributed by atoms with Crippen molar-refractivity contribution in [3.63, 3.8) is 0 Å². The van der Waals surface area contributed by atoms with E-state index in [1.165, 1.54) is 22.0 Å². The zero-order valence-electron chi connectivity index (χ0n) is 18.7. The number of nitrogens with zero attached hydrogens (tertiary/aromatic N) is 2. The van der Waals surface area contributed by atoms with E-state index < -0.39 is 0 Å². The van der Waals surface area contributed by atoms with Crippen LogP contribution in [0, 0.1) is 0 Å². The fraction of sp³-hybridized carbons (Fsp3) is 0.154. The first-order chi connectivity index (χ1) is 16.4. The maximum absolute atomic E-state index is 12.4. The van der Waals surface area contributed by atoms with Gasteiger partial charge < -0.3 is 0 Å². The van der Waals surface area contributed by atoms with Crippen LogP contribution in [0.3, 0.4) is 0 Å².